The van der Waals surface area contributed by atoms with Crippen LogP contribution < -0.4 is 14.4 Å². The molecule has 1 aliphatic rings. The lowest BCUT2D eigenvalue weighted by molar-refractivity contribution is 0.249. The predicted octanol–water partition coefficient (Wildman–Crippen LogP) is 4.60. The third-order valence-corrected chi connectivity index (χ3v) is 5.36. The lowest BCUT2D eigenvalue weighted by Gasteiger charge is -2.36. The van der Waals surface area contributed by atoms with Crippen LogP contribution in [0, 0.1) is 0 Å². The van der Waals surface area contributed by atoms with E-state index in [9.17, 15) is 0 Å². The molecular weight excluding hydrogens is 360 g/mol. The normalized spacial score (nSPS) is 14.6. The summed E-state index contributed by atoms with van der Waals surface area (Å²) in [6.45, 7) is 5.60. The summed E-state index contributed by atoms with van der Waals surface area (Å²) in [6, 6.07) is 27.0. The molecule has 4 heteroatoms. The molecule has 0 amide bonds. The lowest BCUT2D eigenvalue weighted by atomic mass is 10.2. The maximum Gasteiger partial charge on any atom is 0.142 e. The second-order valence-corrected chi connectivity index (χ2v) is 7.36. The van der Waals surface area contributed by atoms with Crippen molar-refractivity contribution >= 4 is 5.69 Å². The molecule has 1 saturated heterocycles. The highest BCUT2D eigenvalue weighted by molar-refractivity contribution is 5.62. The summed E-state index contributed by atoms with van der Waals surface area (Å²) < 4.78 is 11.7. The minimum absolute atomic E-state index is 0.567. The second-order valence-electron chi connectivity index (χ2n) is 7.36. The quantitative estimate of drug-likeness (QED) is 0.591. The summed E-state index contributed by atoms with van der Waals surface area (Å²) in [5, 5.41) is 0. The fourth-order valence-electron chi connectivity index (χ4n) is 3.74. The molecule has 0 unspecified atom stereocenters. The number of nitrogens with zero attached hydrogens (tertiary/aromatic N) is 2. The first kappa shape index (κ1) is 19.3. The van der Waals surface area contributed by atoms with Gasteiger partial charge in [-0.2, -0.15) is 0 Å². The molecule has 0 atom stereocenters. The fourth-order valence-corrected chi connectivity index (χ4v) is 3.74. The highest BCUT2D eigenvalue weighted by atomic mass is 16.5. The number of ether oxygens (including phenoxy) is 2. The van der Waals surface area contributed by atoms with E-state index in [1.807, 2.05) is 30.3 Å². The van der Waals surface area contributed by atoms with E-state index in [0.29, 0.717) is 6.61 Å². The maximum atomic E-state index is 6.03. The third kappa shape index (κ3) is 5.09. The highest BCUT2D eigenvalue weighted by Crippen LogP contribution is 2.33. The largest absolute Gasteiger partial charge is 0.495 e. The summed E-state index contributed by atoms with van der Waals surface area (Å²) in [5.41, 5.74) is 3.65. The average Bonchev–Trinajstić information content (AvgIpc) is 2.79. The maximum absolute atomic E-state index is 6.03. The zero-order valence-corrected chi connectivity index (χ0v) is 17.0. The van der Waals surface area contributed by atoms with Crippen molar-refractivity contribution in [3.63, 3.8) is 0 Å². The Labute approximate surface area is 173 Å². The van der Waals surface area contributed by atoms with Gasteiger partial charge in [0, 0.05) is 38.8 Å². The number of hydrogen-bond donors (Lipinski definition) is 0. The number of methoxy groups -OCH3 is 1. The SMILES string of the molecule is COc1ccc(OCc2ccccc2)cc1N1CCN(Cc2ccccc2)CC1. The Balaban J connectivity index is 1.39. The van der Waals surface area contributed by atoms with Gasteiger partial charge in [0.1, 0.15) is 18.1 Å². The van der Waals surface area contributed by atoms with E-state index >= 15 is 0 Å². The minimum Gasteiger partial charge on any atom is -0.495 e. The van der Waals surface area contributed by atoms with Gasteiger partial charge in [-0.15, -0.1) is 0 Å². The molecule has 1 heterocycles. The van der Waals surface area contributed by atoms with Crippen molar-refractivity contribution in [3.8, 4) is 11.5 Å². The summed E-state index contributed by atoms with van der Waals surface area (Å²) in [6.07, 6.45) is 0. The van der Waals surface area contributed by atoms with Gasteiger partial charge in [0.2, 0.25) is 0 Å². The zero-order chi connectivity index (χ0) is 19.9. The van der Waals surface area contributed by atoms with Crippen molar-refractivity contribution < 1.29 is 9.47 Å². The molecule has 0 radical (unpaired) electrons. The van der Waals surface area contributed by atoms with Gasteiger partial charge in [-0.25, -0.2) is 0 Å². The van der Waals surface area contributed by atoms with Crippen molar-refractivity contribution in [1.82, 2.24) is 4.90 Å². The summed E-state index contributed by atoms with van der Waals surface area (Å²) >= 11 is 0. The third-order valence-electron chi connectivity index (χ3n) is 5.36. The van der Waals surface area contributed by atoms with Gasteiger partial charge in [0.25, 0.3) is 0 Å². The Morgan fingerprint density at radius 3 is 2.07 bits per heavy atom. The second kappa shape index (κ2) is 9.48. The number of anilines is 1. The van der Waals surface area contributed by atoms with Crippen molar-refractivity contribution in [2.24, 2.45) is 0 Å². The number of piperazine rings is 1. The molecule has 0 aromatic heterocycles. The molecule has 3 aromatic rings. The lowest BCUT2D eigenvalue weighted by Crippen LogP contribution is -2.46. The van der Waals surface area contributed by atoms with Gasteiger partial charge >= 0.3 is 0 Å². The van der Waals surface area contributed by atoms with E-state index in [2.05, 4.69) is 58.3 Å². The van der Waals surface area contributed by atoms with E-state index in [1.54, 1.807) is 7.11 Å². The number of hydrogen-bond acceptors (Lipinski definition) is 4. The van der Waals surface area contributed by atoms with Gasteiger partial charge in [-0.05, 0) is 23.3 Å². The fraction of sp³-hybridized carbons (Fsp3) is 0.280. The van der Waals surface area contributed by atoms with Crippen LogP contribution in [0.15, 0.2) is 78.9 Å². The van der Waals surface area contributed by atoms with Crippen LogP contribution in [0.25, 0.3) is 0 Å². The molecular formula is C25H28N2O2. The van der Waals surface area contributed by atoms with Gasteiger partial charge in [0.15, 0.2) is 0 Å². The number of benzene rings is 3. The van der Waals surface area contributed by atoms with Gasteiger partial charge in [-0.1, -0.05) is 60.7 Å². The zero-order valence-electron chi connectivity index (χ0n) is 17.0. The van der Waals surface area contributed by atoms with Crippen LogP contribution in [0.3, 0.4) is 0 Å². The average molecular weight is 389 g/mol. The molecule has 3 aromatic carbocycles. The van der Waals surface area contributed by atoms with Crippen LogP contribution in [-0.4, -0.2) is 38.2 Å². The molecule has 29 heavy (non-hydrogen) atoms. The molecule has 0 bridgehead atoms. The Hall–Kier alpha value is -2.98. The standard InChI is InChI=1S/C25H28N2O2/c1-28-25-13-12-23(29-20-22-10-6-3-7-11-22)18-24(25)27-16-14-26(15-17-27)19-21-8-4-2-5-9-21/h2-13,18H,14-17,19-20H2,1H3. The summed E-state index contributed by atoms with van der Waals surface area (Å²) in [4.78, 5) is 4.91. The first-order valence-corrected chi connectivity index (χ1v) is 10.2. The van der Waals surface area contributed by atoms with Gasteiger partial charge in [-0.3, -0.25) is 4.90 Å². The molecule has 150 valence electrons. The highest BCUT2D eigenvalue weighted by Gasteiger charge is 2.20. The molecule has 0 spiro atoms. The molecule has 0 N–H and O–H groups in total. The van der Waals surface area contributed by atoms with Gasteiger partial charge in [0.05, 0.1) is 12.8 Å². The topological polar surface area (TPSA) is 24.9 Å². The first-order chi connectivity index (χ1) is 14.3. The minimum atomic E-state index is 0.567. The van der Waals surface area contributed by atoms with E-state index in [4.69, 9.17) is 9.47 Å². The molecule has 4 rings (SSSR count). The number of rotatable bonds is 7. The van der Waals surface area contributed by atoms with Crippen LogP contribution in [0.5, 0.6) is 11.5 Å². The van der Waals surface area contributed by atoms with Gasteiger partial charge < -0.3 is 14.4 Å². The van der Waals surface area contributed by atoms with E-state index in [1.165, 1.54) is 11.1 Å². The van der Waals surface area contributed by atoms with Crippen LogP contribution in [0.2, 0.25) is 0 Å². The van der Waals surface area contributed by atoms with E-state index in [0.717, 1.165) is 49.9 Å². The molecule has 4 nitrogen and oxygen atoms in total. The van der Waals surface area contributed by atoms with Crippen molar-refractivity contribution in [3.05, 3.63) is 90.0 Å². The van der Waals surface area contributed by atoms with E-state index in [-0.39, 0.29) is 0 Å². The van der Waals surface area contributed by atoms with Crippen molar-refractivity contribution in [2.75, 3.05) is 38.2 Å². The monoisotopic (exact) mass is 388 g/mol. The van der Waals surface area contributed by atoms with Crippen molar-refractivity contribution in [2.45, 2.75) is 13.2 Å². The Kier molecular flexibility index (Phi) is 6.32. The van der Waals surface area contributed by atoms with Crippen molar-refractivity contribution in [1.29, 1.82) is 0 Å². The Morgan fingerprint density at radius 1 is 0.759 bits per heavy atom. The molecule has 1 fully saturated rings. The molecule has 1 aliphatic heterocycles. The molecule has 0 aliphatic carbocycles. The van der Waals surface area contributed by atoms with Crippen LogP contribution in [0.1, 0.15) is 11.1 Å². The summed E-state index contributed by atoms with van der Waals surface area (Å²) in [7, 11) is 1.73. The Morgan fingerprint density at radius 2 is 1.41 bits per heavy atom. The first-order valence-electron chi connectivity index (χ1n) is 10.2. The smallest absolute Gasteiger partial charge is 0.142 e. The predicted molar refractivity (Wildman–Crippen MR) is 118 cm³/mol. The van der Waals surface area contributed by atoms with Crippen LogP contribution >= 0.6 is 0 Å². The van der Waals surface area contributed by atoms with Crippen LogP contribution in [-0.2, 0) is 13.2 Å². The van der Waals surface area contributed by atoms with Crippen LogP contribution in [0.4, 0.5) is 5.69 Å². The molecule has 0 saturated carbocycles. The summed E-state index contributed by atoms with van der Waals surface area (Å²) in [5.74, 6) is 1.77. The van der Waals surface area contributed by atoms with E-state index < -0.39 is 0 Å². The Bertz CT molecular complexity index is 891.